The van der Waals surface area contributed by atoms with Crippen LogP contribution in [0.5, 0.6) is 11.5 Å². The standard InChI is InChI=1S/C18H31N3O2/c1-20(10-4-11-21-13-8-19-9-14-21)12-7-16-5-6-17(22-2)18(15-16)23-3/h5-6,15,19H,4,7-14H2,1-3H3. The van der Waals surface area contributed by atoms with Crippen molar-refractivity contribution in [2.24, 2.45) is 0 Å². The number of likely N-dealkylation sites (N-methyl/N-ethyl adjacent to an activating group) is 1. The van der Waals surface area contributed by atoms with Crippen molar-refractivity contribution in [1.29, 1.82) is 0 Å². The second-order valence-corrected chi connectivity index (χ2v) is 6.19. The molecule has 5 nitrogen and oxygen atoms in total. The van der Waals surface area contributed by atoms with Gasteiger partial charge in [-0.1, -0.05) is 6.07 Å². The van der Waals surface area contributed by atoms with E-state index < -0.39 is 0 Å². The van der Waals surface area contributed by atoms with Crippen molar-refractivity contribution in [3.8, 4) is 11.5 Å². The molecule has 1 aliphatic rings. The lowest BCUT2D eigenvalue weighted by atomic mass is 10.1. The molecular weight excluding hydrogens is 290 g/mol. The monoisotopic (exact) mass is 321 g/mol. The Hall–Kier alpha value is -1.30. The van der Waals surface area contributed by atoms with Crippen LogP contribution in [0.4, 0.5) is 0 Å². The lowest BCUT2D eigenvalue weighted by molar-refractivity contribution is 0.222. The molecule has 0 bridgehead atoms. The summed E-state index contributed by atoms with van der Waals surface area (Å²) in [6.45, 7) is 8.08. The summed E-state index contributed by atoms with van der Waals surface area (Å²) in [5.74, 6) is 1.60. The number of piperazine rings is 1. The second kappa shape index (κ2) is 9.75. The number of methoxy groups -OCH3 is 2. The molecule has 1 heterocycles. The first-order valence-electron chi connectivity index (χ1n) is 8.55. The van der Waals surface area contributed by atoms with Gasteiger partial charge < -0.3 is 24.6 Å². The number of rotatable bonds is 9. The summed E-state index contributed by atoms with van der Waals surface area (Å²) in [5.41, 5.74) is 1.29. The minimum atomic E-state index is 0.792. The molecule has 0 atom stereocenters. The van der Waals surface area contributed by atoms with Crippen LogP contribution in [0.25, 0.3) is 0 Å². The smallest absolute Gasteiger partial charge is 0.160 e. The summed E-state index contributed by atoms with van der Waals surface area (Å²) in [7, 11) is 5.56. The van der Waals surface area contributed by atoms with Gasteiger partial charge in [0.25, 0.3) is 0 Å². The Morgan fingerprint density at radius 1 is 1.09 bits per heavy atom. The van der Waals surface area contributed by atoms with Gasteiger partial charge in [0.2, 0.25) is 0 Å². The number of hydrogen-bond acceptors (Lipinski definition) is 5. The average molecular weight is 321 g/mol. The molecule has 0 saturated carbocycles. The van der Waals surface area contributed by atoms with Crippen LogP contribution in [-0.4, -0.2) is 76.9 Å². The first-order chi connectivity index (χ1) is 11.2. The van der Waals surface area contributed by atoms with Gasteiger partial charge in [-0.25, -0.2) is 0 Å². The van der Waals surface area contributed by atoms with Gasteiger partial charge in [-0.2, -0.15) is 0 Å². The van der Waals surface area contributed by atoms with E-state index in [1.54, 1.807) is 14.2 Å². The largest absolute Gasteiger partial charge is 0.493 e. The topological polar surface area (TPSA) is 37.0 Å². The van der Waals surface area contributed by atoms with E-state index >= 15 is 0 Å². The summed E-state index contributed by atoms with van der Waals surface area (Å²) in [4.78, 5) is 4.97. The molecule has 1 fully saturated rings. The third kappa shape index (κ3) is 6.01. The van der Waals surface area contributed by atoms with Crippen LogP contribution in [0.3, 0.4) is 0 Å². The van der Waals surface area contributed by atoms with Gasteiger partial charge in [-0.05, 0) is 50.7 Å². The molecule has 1 N–H and O–H groups in total. The molecule has 0 aromatic heterocycles. The average Bonchev–Trinajstić information content (AvgIpc) is 2.60. The van der Waals surface area contributed by atoms with Gasteiger partial charge in [0, 0.05) is 32.7 Å². The van der Waals surface area contributed by atoms with Crippen molar-refractivity contribution in [2.75, 3.05) is 67.1 Å². The van der Waals surface area contributed by atoms with Gasteiger partial charge in [-0.15, -0.1) is 0 Å². The van der Waals surface area contributed by atoms with Crippen LogP contribution in [0.1, 0.15) is 12.0 Å². The third-order valence-corrected chi connectivity index (χ3v) is 4.45. The van der Waals surface area contributed by atoms with Crippen LogP contribution in [-0.2, 0) is 6.42 Å². The SMILES string of the molecule is COc1ccc(CCN(C)CCCN2CCNCC2)cc1OC. The van der Waals surface area contributed by atoms with Crippen LogP contribution < -0.4 is 14.8 Å². The van der Waals surface area contributed by atoms with Gasteiger partial charge in [0.15, 0.2) is 11.5 Å². The van der Waals surface area contributed by atoms with E-state index in [1.807, 2.05) is 6.07 Å². The number of ether oxygens (including phenoxy) is 2. The third-order valence-electron chi connectivity index (χ3n) is 4.45. The van der Waals surface area contributed by atoms with Crippen LogP contribution in [0.15, 0.2) is 18.2 Å². The maximum Gasteiger partial charge on any atom is 0.160 e. The summed E-state index contributed by atoms with van der Waals surface area (Å²) in [6.07, 6.45) is 2.27. The van der Waals surface area contributed by atoms with Crippen molar-refractivity contribution in [1.82, 2.24) is 15.1 Å². The lowest BCUT2D eigenvalue weighted by Gasteiger charge is -2.28. The minimum absolute atomic E-state index is 0.792. The van der Waals surface area contributed by atoms with Crippen LogP contribution in [0.2, 0.25) is 0 Å². The van der Waals surface area contributed by atoms with E-state index in [-0.39, 0.29) is 0 Å². The molecule has 0 spiro atoms. The number of hydrogen-bond donors (Lipinski definition) is 1. The Bertz CT molecular complexity index is 462. The predicted molar refractivity (Wildman–Crippen MR) is 94.7 cm³/mol. The fourth-order valence-corrected chi connectivity index (χ4v) is 2.97. The molecule has 1 aliphatic heterocycles. The molecule has 2 rings (SSSR count). The van der Waals surface area contributed by atoms with Gasteiger partial charge >= 0.3 is 0 Å². The van der Waals surface area contributed by atoms with Crippen molar-refractivity contribution in [3.05, 3.63) is 23.8 Å². The zero-order valence-corrected chi connectivity index (χ0v) is 14.8. The molecule has 1 aromatic rings. The van der Waals surface area contributed by atoms with E-state index in [2.05, 4.69) is 34.3 Å². The highest BCUT2D eigenvalue weighted by atomic mass is 16.5. The van der Waals surface area contributed by atoms with E-state index in [1.165, 1.54) is 31.6 Å². The van der Waals surface area contributed by atoms with Crippen molar-refractivity contribution in [2.45, 2.75) is 12.8 Å². The summed E-state index contributed by atoms with van der Waals surface area (Å²) < 4.78 is 10.6. The van der Waals surface area contributed by atoms with Crippen molar-refractivity contribution in [3.63, 3.8) is 0 Å². The summed E-state index contributed by atoms with van der Waals surface area (Å²) >= 11 is 0. The Labute approximate surface area is 140 Å². The Balaban J connectivity index is 1.68. The molecular formula is C18H31N3O2. The molecule has 130 valence electrons. The normalized spacial score (nSPS) is 15.8. The Morgan fingerprint density at radius 3 is 2.52 bits per heavy atom. The van der Waals surface area contributed by atoms with Gasteiger partial charge in [0.05, 0.1) is 14.2 Å². The molecule has 1 saturated heterocycles. The first-order valence-corrected chi connectivity index (χ1v) is 8.55. The highest BCUT2D eigenvalue weighted by Gasteiger charge is 2.09. The molecule has 0 unspecified atom stereocenters. The van der Waals surface area contributed by atoms with Crippen molar-refractivity contribution >= 4 is 0 Å². The maximum atomic E-state index is 5.37. The minimum Gasteiger partial charge on any atom is -0.493 e. The first kappa shape index (κ1) is 18.0. The highest BCUT2D eigenvalue weighted by molar-refractivity contribution is 5.42. The molecule has 0 amide bonds. The van der Waals surface area contributed by atoms with Gasteiger partial charge in [-0.3, -0.25) is 0 Å². The number of nitrogens with one attached hydrogen (secondary N) is 1. The summed E-state index contributed by atoms with van der Waals surface area (Å²) in [6, 6.07) is 6.18. The molecule has 1 aromatic carbocycles. The molecule has 0 radical (unpaired) electrons. The lowest BCUT2D eigenvalue weighted by Crippen LogP contribution is -2.44. The molecule has 23 heavy (non-hydrogen) atoms. The van der Waals surface area contributed by atoms with Gasteiger partial charge in [0.1, 0.15) is 0 Å². The highest BCUT2D eigenvalue weighted by Crippen LogP contribution is 2.27. The van der Waals surface area contributed by atoms with E-state index in [0.717, 1.165) is 44.1 Å². The fraction of sp³-hybridized carbons (Fsp3) is 0.667. The number of benzene rings is 1. The zero-order valence-electron chi connectivity index (χ0n) is 14.8. The van der Waals surface area contributed by atoms with E-state index in [0.29, 0.717) is 0 Å². The molecule has 0 aliphatic carbocycles. The fourth-order valence-electron chi connectivity index (χ4n) is 2.97. The zero-order chi connectivity index (χ0) is 16.5. The van der Waals surface area contributed by atoms with E-state index in [4.69, 9.17) is 9.47 Å². The van der Waals surface area contributed by atoms with Crippen LogP contribution >= 0.6 is 0 Å². The quantitative estimate of drug-likeness (QED) is 0.745. The molecule has 5 heteroatoms. The Morgan fingerprint density at radius 2 is 1.83 bits per heavy atom. The van der Waals surface area contributed by atoms with Crippen molar-refractivity contribution < 1.29 is 9.47 Å². The number of nitrogens with zero attached hydrogens (tertiary/aromatic N) is 2. The summed E-state index contributed by atoms with van der Waals surface area (Å²) in [5, 5.41) is 3.40. The maximum absolute atomic E-state index is 5.37. The predicted octanol–water partition coefficient (Wildman–Crippen LogP) is 1.47. The Kier molecular flexibility index (Phi) is 7.65. The van der Waals surface area contributed by atoms with Crippen LogP contribution in [0, 0.1) is 0 Å². The second-order valence-electron chi connectivity index (χ2n) is 6.19. The van der Waals surface area contributed by atoms with E-state index in [9.17, 15) is 0 Å².